The molecule has 0 saturated carbocycles. The third kappa shape index (κ3) is 4.43. The van der Waals surface area contributed by atoms with Gasteiger partial charge >= 0.3 is 5.97 Å². The van der Waals surface area contributed by atoms with Crippen LogP contribution in [-0.2, 0) is 6.54 Å². The van der Waals surface area contributed by atoms with E-state index in [0.29, 0.717) is 12.1 Å². The largest absolute Gasteiger partial charge is 0.476 e. The molecule has 0 atom stereocenters. The van der Waals surface area contributed by atoms with Crippen molar-refractivity contribution >= 4 is 35.2 Å². The van der Waals surface area contributed by atoms with Crippen LogP contribution in [-0.4, -0.2) is 38.1 Å². The van der Waals surface area contributed by atoms with E-state index < -0.39 is 29.4 Å². The van der Waals surface area contributed by atoms with Gasteiger partial charge in [0, 0.05) is 13.0 Å². The lowest BCUT2D eigenvalue weighted by Gasteiger charge is -2.05. The van der Waals surface area contributed by atoms with E-state index >= 15 is 0 Å². The normalized spacial score (nSPS) is 10.7. The summed E-state index contributed by atoms with van der Waals surface area (Å²) in [7, 11) is 0. The number of halogens is 3. The summed E-state index contributed by atoms with van der Waals surface area (Å²) in [6, 6.07) is 2.46. The molecule has 1 aromatic carbocycles. The van der Waals surface area contributed by atoms with Crippen LogP contribution in [0.5, 0.6) is 0 Å². The van der Waals surface area contributed by atoms with Crippen LogP contribution in [0.2, 0.25) is 5.02 Å². The number of carbonyl (C=O) groups excluding carboxylic acids is 2. The Bertz CT molecular complexity index is 1160. The summed E-state index contributed by atoms with van der Waals surface area (Å²) in [4.78, 5) is 39.2. The van der Waals surface area contributed by atoms with Crippen molar-refractivity contribution in [2.75, 3.05) is 5.32 Å². The van der Waals surface area contributed by atoms with Gasteiger partial charge in [-0.25, -0.2) is 18.6 Å². The minimum atomic E-state index is -1.31. The molecule has 0 aliphatic heterocycles. The van der Waals surface area contributed by atoms with E-state index in [2.05, 4.69) is 25.8 Å². The predicted octanol–water partition coefficient (Wildman–Crippen LogP) is 2.52. The zero-order valence-corrected chi connectivity index (χ0v) is 15.8. The number of aromatic carboxylic acids is 1. The number of hydrogen-bond donors (Lipinski definition) is 4. The first kappa shape index (κ1) is 20.9. The van der Waals surface area contributed by atoms with Gasteiger partial charge in [-0.3, -0.25) is 14.7 Å². The Labute approximate surface area is 171 Å². The molecule has 0 radical (unpaired) electrons. The molecule has 13 heteroatoms. The molecule has 30 heavy (non-hydrogen) atoms. The highest BCUT2D eigenvalue weighted by Crippen LogP contribution is 2.21. The predicted molar refractivity (Wildman–Crippen MR) is 97.3 cm³/mol. The number of rotatable bonds is 6. The molecule has 2 heterocycles. The van der Waals surface area contributed by atoms with E-state index in [0.717, 1.165) is 0 Å². The van der Waals surface area contributed by atoms with Crippen LogP contribution in [0, 0.1) is 18.6 Å². The number of oxazole rings is 1. The van der Waals surface area contributed by atoms with Gasteiger partial charge in [-0.05, 0) is 12.1 Å². The molecule has 0 unspecified atom stereocenters. The number of aromatic nitrogens is 3. The molecular weight excluding hydrogens is 428 g/mol. The molecule has 0 saturated heterocycles. The van der Waals surface area contributed by atoms with Crippen molar-refractivity contribution in [3.8, 4) is 0 Å². The number of amides is 2. The molecule has 3 aromatic rings. The number of nitrogens with zero attached hydrogens (tertiary/aromatic N) is 2. The van der Waals surface area contributed by atoms with E-state index in [1.54, 1.807) is 0 Å². The fourth-order valence-corrected chi connectivity index (χ4v) is 2.63. The summed E-state index contributed by atoms with van der Waals surface area (Å²) in [5.74, 6) is -5.34. The standard InChI is InChI=1S/C17H12ClF2N5O5/c1-6-22-14(17(28)29)12(30-6)5-21-16(27)11-4-13(25-24-11)23-15(26)7-2-9(19)10(20)3-8(7)18/h2-4H,5H2,1H3,(H,21,27)(H,28,29)(H2,23,24,25,26). The molecular formula is C17H12ClF2N5O5. The monoisotopic (exact) mass is 439 g/mol. The zero-order valence-electron chi connectivity index (χ0n) is 15.0. The first-order valence-corrected chi connectivity index (χ1v) is 8.52. The van der Waals surface area contributed by atoms with Crippen molar-refractivity contribution < 1.29 is 32.7 Å². The molecule has 0 aliphatic rings. The lowest BCUT2D eigenvalue weighted by atomic mass is 10.2. The Hall–Kier alpha value is -3.80. The first-order valence-electron chi connectivity index (χ1n) is 8.14. The first-order chi connectivity index (χ1) is 14.2. The second-order valence-corrected chi connectivity index (χ2v) is 6.27. The molecule has 4 N–H and O–H groups in total. The number of nitrogens with one attached hydrogen (secondary N) is 3. The SMILES string of the molecule is Cc1nc(C(=O)O)c(CNC(=O)c2cc(NC(=O)c3cc(F)c(F)cc3Cl)n[nH]2)o1. The Morgan fingerprint density at radius 3 is 2.60 bits per heavy atom. The number of H-pyrrole nitrogens is 1. The van der Waals surface area contributed by atoms with Gasteiger partial charge in [0.2, 0.25) is 0 Å². The Morgan fingerprint density at radius 1 is 1.20 bits per heavy atom. The quantitative estimate of drug-likeness (QED) is 0.431. The highest BCUT2D eigenvalue weighted by atomic mass is 35.5. The highest BCUT2D eigenvalue weighted by molar-refractivity contribution is 6.34. The number of carboxylic acid groups (broad SMARTS) is 1. The maximum absolute atomic E-state index is 13.3. The highest BCUT2D eigenvalue weighted by Gasteiger charge is 2.20. The summed E-state index contributed by atoms with van der Waals surface area (Å²) >= 11 is 5.74. The van der Waals surface area contributed by atoms with Gasteiger partial charge in [0.1, 0.15) is 5.69 Å². The third-order valence-corrected chi connectivity index (χ3v) is 4.05. The molecule has 0 aliphatic carbocycles. The van der Waals surface area contributed by atoms with Gasteiger partial charge in [-0.1, -0.05) is 11.6 Å². The van der Waals surface area contributed by atoms with Gasteiger partial charge < -0.3 is 20.2 Å². The number of benzene rings is 1. The fraction of sp³-hybridized carbons (Fsp3) is 0.118. The van der Waals surface area contributed by atoms with Crippen molar-refractivity contribution in [2.24, 2.45) is 0 Å². The minimum absolute atomic E-state index is 0.0469. The van der Waals surface area contributed by atoms with Crippen molar-refractivity contribution in [1.82, 2.24) is 20.5 Å². The van der Waals surface area contributed by atoms with Gasteiger partial charge in [-0.15, -0.1) is 0 Å². The summed E-state index contributed by atoms with van der Waals surface area (Å²) < 4.78 is 31.6. The smallest absolute Gasteiger partial charge is 0.358 e. The van der Waals surface area contributed by atoms with E-state index in [1.165, 1.54) is 13.0 Å². The van der Waals surface area contributed by atoms with E-state index in [4.69, 9.17) is 21.1 Å². The minimum Gasteiger partial charge on any atom is -0.476 e. The second-order valence-electron chi connectivity index (χ2n) is 5.86. The van der Waals surface area contributed by atoms with Crippen LogP contribution in [0.1, 0.15) is 43.0 Å². The Morgan fingerprint density at radius 2 is 1.90 bits per heavy atom. The third-order valence-electron chi connectivity index (χ3n) is 3.74. The number of hydrogen-bond acceptors (Lipinski definition) is 6. The molecule has 0 bridgehead atoms. The topological polar surface area (TPSA) is 150 Å². The van der Waals surface area contributed by atoms with Crippen molar-refractivity contribution in [3.05, 3.63) is 63.5 Å². The number of carboxylic acids is 1. The van der Waals surface area contributed by atoms with Gasteiger partial charge in [0.25, 0.3) is 11.8 Å². The van der Waals surface area contributed by atoms with E-state index in [1.807, 2.05) is 0 Å². The maximum atomic E-state index is 13.3. The molecule has 2 amide bonds. The second kappa shape index (κ2) is 8.29. The number of anilines is 1. The number of carbonyl (C=O) groups is 3. The van der Waals surface area contributed by atoms with Crippen LogP contribution in [0.25, 0.3) is 0 Å². The Kier molecular flexibility index (Phi) is 5.78. The number of aryl methyl sites for hydroxylation is 1. The Balaban J connectivity index is 1.66. The van der Waals surface area contributed by atoms with Crippen molar-refractivity contribution in [3.63, 3.8) is 0 Å². The molecule has 0 fully saturated rings. The van der Waals surface area contributed by atoms with Crippen molar-refractivity contribution in [1.29, 1.82) is 0 Å². The summed E-state index contributed by atoms with van der Waals surface area (Å²) in [6.07, 6.45) is 0. The molecule has 3 rings (SSSR count). The van der Waals surface area contributed by atoms with Crippen LogP contribution in [0.15, 0.2) is 22.6 Å². The maximum Gasteiger partial charge on any atom is 0.358 e. The van der Waals surface area contributed by atoms with Crippen LogP contribution in [0.4, 0.5) is 14.6 Å². The molecule has 156 valence electrons. The van der Waals surface area contributed by atoms with Crippen LogP contribution in [0.3, 0.4) is 0 Å². The van der Waals surface area contributed by atoms with E-state index in [-0.39, 0.29) is 46.0 Å². The molecule has 2 aromatic heterocycles. The van der Waals surface area contributed by atoms with Crippen LogP contribution < -0.4 is 10.6 Å². The van der Waals surface area contributed by atoms with Gasteiger partial charge in [0.15, 0.2) is 34.8 Å². The summed E-state index contributed by atoms with van der Waals surface area (Å²) in [5.41, 5.74) is -0.727. The summed E-state index contributed by atoms with van der Waals surface area (Å²) in [5, 5.41) is 19.5. The van der Waals surface area contributed by atoms with E-state index in [9.17, 15) is 23.2 Å². The van der Waals surface area contributed by atoms with Gasteiger partial charge in [-0.2, -0.15) is 5.10 Å². The fourth-order valence-electron chi connectivity index (χ4n) is 2.39. The average molecular weight is 440 g/mol. The lowest BCUT2D eigenvalue weighted by molar-refractivity contribution is 0.0687. The average Bonchev–Trinajstić information content (AvgIpc) is 3.29. The molecule has 0 spiro atoms. The lowest BCUT2D eigenvalue weighted by Crippen LogP contribution is -2.24. The van der Waals surface area contributed by atoms with Crippen molar-refractivity contribution in [2.45, 2.75) is 13.5 Å². The van der Waals surface area contributed by atoms with Crippen LogP contribution >= 0.6 is 11.6 Å². The molecule has 10 nitrogen and oxygen atoms in total. The van der Waals surface area contributed by atoms with Gasteiger partial charge in [0.05, 0.1) is 17.1 Å². The summed E-state index contributed by atoms with van der Waals surface area (Å²) in [6.45, 7) is 1.20. The zero-order chi connectivity index (χ0) is 22.0. The number of aromatic amines is 1.